The van der Waals surface area contributed by atoms with Crippen molar-refractivity contribution < 1.29 is 19.1 Å². The topological polar surface area (TPSA) is 72.5 Å². The van der Waals surface area contributed by atoms with Gasteiger partial charge in [-0.15, -0.1) is 0 Å². The number of benzene rings is 3. The summed E-state index contributed by atoms with van der Waals surface area (Å²) in [5.74, 6) is -1.82. The molecule has 140 valence electrons. The quantitative estimate of drug-likeness (QED) is 0.672. The van der Waals surface area contributed by atoms with Crippen LogP contribution in [0.4, 0.5) is 0 Å². The molecule has 0 aliphatic rings. The molecule has 0 heterocycles. The highest BCUT2D eigenvalue weighted by atomic mass is 16.5. The van der Waals surface area contributed by atoms with E-state index in [4.69, 9.17) is 4.74 Å². The van der Waals surface area contributed by atoms with Crippen LogP contribution in [0.1, 0.15) is 31.8 Å². The van der Waals surface area contributed by atoms with Gasteiger partial charge in [0.2, 0.25) is 0 Å². The van der Waals surface area contributed by atoms with E-state index >= 15 is 0 Å². The van der Waals surface area contributed by atoms with E-state index in [2.05, 4.69) is 5.32 Å². The first-order chi connectivity index (χ1) is 13.6. The van der Waals surface area contributed by atoms with Crippen LogP contribution in [0.15, 0.2) is 84.9 Å². The Labute approximate surface area is 163 Å². The molecule has 0 saturated heterocycles. The van der Waals surface area contributed by atoms with Crippen molar-refractivity contribution in [2.75, 3.05) is 6.61 Å². The van der Waals surface area contributed by atoms with Gasteiger partial charge in [-0.3, -0.25) is 14.9 Å². The molecule has 0 unspecified atom stereocenters. The molecule has 3 rings (SSSR count). The van der Waals surface area contributed by atoms with Crippen molar-refractivity contribution in [2.45, 2.75) is 6.42 Å². The Morgan fingerprint density at radius 2 is 1.36 bits per heavy atom. The summed E-state index contributed by atoms with van der Waals surface area (Å²) in [6, 6.07) is 25.2. The highest BCUT2D eigenvalue weighted by Crippen LogP contribution is 2.15. The Hall–Kier alpha value is -3.73. The molecule has 0 radical (unpaired) electrons. The van der Waals surface area contributed by atoms with Crippen molar-refractivity contribution in [3.05, 3.63) is 107 Å². The number of esters is 1. The summed E-state index contributed by atoms with van der Waals surface area (Å²) < 4.78 is 5.10. The van der Waals surface area contributed by atoms with Crippen LogP contribution in [0.2, 0.25) is 0 Å². The van der Waals surface area contributed by atoms with Crippen molar-refractivity contribution >= 4 is 17.8 Å². The van der Waals surface area contributed by atoms with Gasteiger partial charge < -0.3 is 4.74 Å². The van der Waals surface area contributed by atoms with Gasteiger partial charge >= 0.3 is 5.97 Å². The predicted octanol–water partition coefficient (Wildman–Crippen LogP) is 3.39. The standard InChI is InChI=1S/C23H19NO4/c25-21(24-22(26)18-11-5-2-6-12-18)16-28-23(27)20-14-8-7-13-19(20)15-17-9-3-1-4-10-17/h1-14H,15-16H2,(H,24,25,26). The van der Waals surface area contributed by atoms with Crippen LogP contribution >= 0.6 is 0 Å². The van der Waals surface area contributed by atoms with Crippen molar-refractivity contribution in [3.8, 4) is 0 Å². The fourth-order valence-electron chi connectivity index (χ4n) is 2.72. The van der Waals surface area contributed by atoms with E-state index in [-0.39, 0.29) is 0 Å². The second-order valence-corrected chi connectivity index (χ2v) is 6.14. The van der Waals surface area contributed by atoms with Crippen LogP contribution in [-0.2, 0) is 16.0 Å². The second-order valence-electron chi connectivity index (χ2n) is 6.14. The number of ether oxygens (including phenoxy) is 1. The Morgan fingerprint density at radius 1 is 0.750 bits per heavy atom. The first-order valence-corrected chi connectivity index (χ1v) is 8.81. The van der Waals surface area contributed by atoms with E-state index in [1.54, 1.807) is 42.5 Å². The molecule has 1 N–H and O–H groups in total. The SMILES string of the molecule is O=C(COC(=O)c1ccccc1Cc1ccccc1)NC(=O)c1ccccc1. The first kappa shape index (κ1) is 19.0. The molecule has 0 saturated carbocycles. The van der Waals surface area contributed by atoms with Crippen LogP contribution in [0.25, 0.3) is 0 Å². The van der Waals surface area contributed by atoms with Gasteiger partial charge in [-0.25, -0.2) is 4.79 Å². The van der Waals surface area contributed by atoms with E-state index in [9.17, 15) is 14.4 Å². The minimum atomic E-state index is -0.678. The number of rotatable bonds is 6. The molecule has 0 spiro atoms. The molecule has 0 aliphatic carbocycles. The maximum Gasteiger partial charge on any atom is 0.338 e. The normalized spacial score (nSPS) is 10.1. The summed E-state index contributed by atoms with van der Waals surface area (Å²) in [5, 5.41) is 2.20. The van der Waals surface area contributed by atoms with Gasteiger partial charge in [-0.2, -0.15) is 0 Å². The van der Waals surface area contributed by atoms with Crippen molar-refractivity contribution in [2.24, 2.45) is 0 Å². The lowest BCUT2D eigenvalue weighted by atomic mass is 10.00. The first-order valence-electron chi connectivity index (χ1n) is 8.81. The van der Waals surface area contributed by atoms with Crippen LogP contribution in [0, 0.1) is 0 Å². The van der Waals surface area contributed by atoms with E-state index < -0.39 is 24.4 Å². The molecule has 0 aliphatic heterocycles. The fraction of sp³-hybridized carbons (Fsp3) is 0.0870. The van der Waals surface area contributed by atoms with Crippen LogP contribution in [0.5, 0.6) is 0 Å². The zero-order chi connectivity index (χ0) is 19.8. The molecular weight excluding hydrogens is 354 g/mol. The average Bonchev–Trinajstić information content (AvgIpc) is 2.74. The Bertz CT molecular complexity index is 968. The van der Waals surface area contributed by atoms with Crippen molar-refractivity contribution in [1.82, 2.24) is 5.32 Å². The highest BCUT2D eigenvalue weighted by Gasteiger charge is 2.16. The molecule has 28 heavy (non-hydrogen) atoms. The maximum absolute atomic E-state index is 12.4. The second kappa shape index (κ2) is 9.28. The average molecular weight is 373 g/mol. The third-order valence-corrected chi connectivity index (χ3v) is 4.10. The Morgan fingerprint density at radius 3 is 2.07 bits per heavy atom. The Kier molecular flexibility index (Phi) is 6.31. The van der Waals surface area contributed by atoms with Crippen LogP contribution < -0.4 is 5.32 Å². The molecule has 3 aromatic rings. The lowest BCUT2D eigenvalue weighted by molar-refractivity contribution is -0.123. The zero-order valence-electron chi connectivity index (χ0n) is 15.1. The van der Waals surface area contributed by atoms with Crippen LogP contribution in [0.3, 0.4) is 0 Å². The summed E-state index contributed by atoms with van der Waals surface area (Å²) in [6.07, 6.45) is 0.574. The lowest BCUT2D eigenvalue weighted by Gasteiger charge is -2.10. The van der Waals surface area contributed by atoms with Gasteiger partial charge in [0.15, 0.2) is 6.61 Å². The number of nitrogens with one attached hydrogen (secondary N) is 1. The monoisotopic (exact) mass is 373 g/mol. The van der Waals surface area contributed by atoms with Gasteiger partial charge in [-0.05, 0) is 35.7 Å². The smallest absolute Gasteiger partial charge is 0.338 e. The van der Waals surface area contributed by atoms with E-state index in [0.29, 0.717) is 17.5 Å². The molecule has 5 heteroatoms. The van der Waals surface area contributed by atoms with Crippen LogP contribution in [-0.4, -0.2) is 24.4 Å². The molecule has 0 bridgehead atoms. The number of carbonyl (C=O) groups is 3. The Balaban J connectivity index is 1.59. The van der Waals surface area contributed by atoms with Crippen molar-refractivity contribution in [3.63, 3.8) is 0 Å². The van der Waals surface area contributed by atoms with E-state index in [1.165, 1.54) is 0 Å². The maximum atomic E-state index is 12.4. The summed E-state index contributed by atoms with van der Waals surface area (Å²) in [5.41, 5.74) is 2.62. The molecular formula is C23H19NO4. The molecule has 3 aromatic carbocycles. The minimum Gasteiger partial charge on any atom is -0.452 e. The summed E-state index contributed by atoms with van der Waals surface area (Å²) in [7, 11) is 0. The number of imide groups is 1. The highest BCUT2D eigenvalue weighted by molar-refractivity contribution is 6.05. The number of hydrogen-bond acceptors (Lipinski definition) is 4. The summed E-state index contributed by atoms with van der Waals surface area (Å²) in [6.45, 7) is -0.531. The van der Waals surface area contributed by atoms with Crippen molar-refractivity contribution in [1.29, 1.82) is 0 Å². The third kappa shape index (κ3) is 5.14. The minimum absolute atomic E-state index is 0.357. The molecule has 0 fully saturated rings. The molecule has 0 aromatic heterocycles. The van der Waals surface area contributed by atoms with Gasteiger partial charge in [0.1, 0.15) is 0 Å². The molecule has 5 nitrogen and oxygen atoms in total. The molecule has 2 amide bonds. The molecule has 0 atom stereocenters. The van der Waals surface area contributed by atoms with Gasteiger partial charge in [-0.1, -0.05) is 66.7 Å². The van der Waals surface area contributed by atoms with E-state index in [0.717, 1.165) is 11.1 Å². The number of carbonyl (C=O) groups excluding carboxylic acids is 3. The number of hydrogen-bond donors (Lipinski definition) is 1. The van der Waals surface area contributed by atoms with E-state index in [1.807, 2.05) is 42.5 Å². The number of amides is 2. The third-order valence-electron chi connectivity index (χ3n) is 4.10. The summed E-state index contributed by atoms with van der Waals surface area (Å²) >= 11 is 0. The largest absolute Gasteiger partial charge is 0.452 e. The predicted molar refractivity (Wildman–Crippen MR) is 105 cm³/mol. The fourth-order valence-corrected chi connectivity index (χ4v) is 2.72. The van der Waals surface area contributed by atoms with Gasteiger partial charge in [0.05, 0.1) is 5.56 Å². The lowest BCUT2D eigenvalue weighted by Crippen LogP contribution is -2.34. The zero-order valence-corrected chi connectivity index (χ0v) is 15.1. The van der Waals surface area contributed by atoms with Gasteiger partial charge in [0, 0.05) is 5.56 Å². The van der Waals surface area contributed by atoms with Gasteiger partial charge in [0.25, 0.3) is 11.8 Å². The summed E-state index contributed by atoms with van der Waals surface area (Å²) in [4.78, 5) is 36.3.